The molecule has 3 nitrogen and oxygen atoms in total. The molecule has 2 N–H and O–H groups in total. The van der Waals surface area contributed by atoms with Crippen LogP contribution in [-0.2, 0) is 0 Å². The second-order valence-electron chi connectivity index (χ2n) is 6.81. The van der Waals surface area contributed by atoms with E-state index in [2.05, 4.69) is 79.8 Å². The summed E-state index contributed by atoms with van der Waals surface area (Å²) in [5.41, 5.74) is 3.77. The Morgan fingerprint density at radius 3 is 2.08 bits per heavy atom. The zero-order valence-electron chi connectivity index (χ0n) is 15.2. The summed E-state index contributed by atoms with van der Waals surface area (Å²) in [4.78, 5) is 2.11. The molecule has 0 spiro atoms. The van der Waals surface area contributed by atoms with Gasteiger partial charge < -0.3 is 15.3 Å². The van der Waals surface area contributed by atoms with E-state index >= 15 is 0 Å². The van der Waals surface area contributed by atoms with Crippen LogP contribution in [0.3, 0.4) is 0 Å². The van der Waals surface area contributed by atoms with Gasteiger partial charge in [-0.05, 0) is 49.4 Å². The lowest BCUT2D eigenvalue weighted by atomic mass is 9.93. The third-order valence-electron chi connectivity index (χ3n) is 4.48. The summed E-state index contributed by atoms with van der Waals surface area (Å²) < 4.78 is 0. The Balaban J connectivity index is 2.00. The minimum atomic E-state index is -0.299. The Morgan fingerprint density at radius 1 is 0.917 bits per heavy atom. The van der Waals surface area contributed by atoms with E-state index in [9.17, 15) is 5.11 Å². The van der Waals surface area contributed by atoms with Crippen LogP contribution in [0.2, 0.25) is 0 Å². The van der Waals surface area contributed by atoms with Gasteiger partial charge in [-0.2, -0.15) is 0 Å². The fourth-order valence-electron chi connectivity index (χ4n) is 2.97. The molecular formula is C21H30N2O. The van der Waals surface area contributed by atoms with Crippen molar-refractivity contribution < 1.29 is 5.11 Å². The highest BCUT2D eigenvalue weighted by Crippen LogP contribution is 2.23. The van der Waals surface area contributed by atoms with Crippen LogP contribution in [0.4, 0.5) is 5.69 Å². The second-order valence-corrected chi connectivity index (χ2v) is 6.81. The minimum absolute atomic E-state index is 0.279. The van der Waals surface area contributed by atoms with Gasteiger partial charge in [-0.25, -0.2) is 0 Å². The molecule has 0 amide bonds. The summed E-state index contributed by atoms with van der Waals surface area (Å²) in [6, 6.07) is 19.4. The fraction of sp³-hybridized carbons (Fsp3) is 0.429. The average Bonchev–Trinajstić information content (AvgIpc) is 2.59. The predicted molar refractivity (Wildman–Crippen MR) is 103 cm³/mol. The van der Waals surface area contributed by atoms with Gasteiger partial charge in [0.1, 0.15) is 0 Å². The maximum absolute atomic E-state index is 9.82. The summed E-state index contributed by atoms with van der Waals surface area (Å²) in [6.07, 6.45) is 0.468. The zero-order valence-corrected chi connectivity index (χ0v) is 15.2. The standard InChI is InChI=1S/C21H30N2O/c1-16(24)14-20(19-8-6-5-7-9-19)15-22-17(2)18-10-12-21(13-11-18)23(3)4/h5-13,16-17,20,22,24H,14-15H2,1-4H3. The predicted octanol–water partition coefficient (Wildman–Crippen LogP) is 3.96. The molecule has 0 heterocycles. The van der Waals surface area contributed by atoms with Crippen LogP contribution < -0.4 is 10.2 Å². The Kier molecular flexibility index (Phi) is 6.83. The van der Waals surface area contributed by atoms with Crippen molar-refractivity contribution in [1.29, 1.82) is 0 Å². The van der Waals surface area contributed by atoms with Crippen LogP contribution >= 0.6 is 0 Å². The van der Waals surface area contributed by atoms with E-state index in [0.29, 0.717) is 5.92 Å². The van der Waals surface area contributed by atoms with Gasteiger partial charge in [-0.1, -0.05) is 42.5 Å². The highest BCUT2D eigenvalue weighted by Gasteiger charge is 2.15. The molecule has 0 saturated heterocycles. The Morgan fingerprint density at radius 2 is 1.54 bits per heavy atom. The van der Waals surface area contributed by atoms with Crippen molar-refractivity contribution >= 4 is 5.69 Å². The van der Waals surface area contributed by atoms with E-state index in [1.807, 2.05) is 13.0 Å². The highest BCUT2D eigenvalue weighted by molar-refractivity contribution is 5.46. The molecule has 24 heavy (non-hydrogen) atoms. The first-order valence-electron chi connectivity index (χ1n) is 8.71. The molecule has 0 fully saturated rings. The van der Waals surface area contributed by atoms with Gasteiger partial charge in [0, 0.05) is 32.4 Å². The summed E-state index contributed by atoms with van der Waals surface area (Å²) >= 11 is 0. The molecule has 2 aromatic carbocycles. The summed E-state index contributed by atoms with van der Waals surface area (Å²) in [7, 11) is 4.11. The number of benzene rings is 2. The monoisotopic (exact) mass is 326 g/mol. The van der Waals surface area contributed by atoms with Crippen molar-refractivity contribution in [3.63, 3.8) is 0 Å². The quantitative estimate of drug-likeness (QED) is 0.771. The number of aliphatic hydroxyl groups excluding tert-OH is 1. The van der Waals surface area contributed by atoms with E-state index < -0.39 is 0 Å². The van der Waals surface area contributed by atoms with Crippen molar-refractivity contribution in [2.45, 2.75) is 38.3 Å². The highest BCUT2D eigenvalue weighted by atomic mass is 16.3. The first-order chi connectivity index (χ1) is 11.5. The largest absolute Gasteiger partial charge is 0.393 e. The fourth-order valence-corrected chi connectivity index (χ4v) is 2.97. The lowest BCUT2D eigenvalue weighted by molar-refractivity contribution is 0.173. The third-order valence-corrected chi connectivity index (χ3v) is 4.48. The Bertz CT molecular complexity index is 593. The summed E-state index contributed by atoms with van der Waals surface area (Å²) in [6.45, 7) is 4.90. The van der Waals surface area contributed by atoms with Gasteiger partial charge in [0.2, 0.25) is 0 Å². The number of hydrogen-bond donors (Lipinski definition) is 2. The molecule has 3 heteroatoms. The number of nitrogens with one attached hydrogen (secondary N) is 1. The van der Waals surface area contributed by atoms with Crippen molar-refractivity contribution in [2.75, 3.05) is 25.5 Å². The lowest BCUT2D eigenvalue weighted by Crippen LogP contribution is -2.26. The van der Waals surface area contributed by atoms with Gasteiger partial charge in [-0.3, -0.25) is 0 Å². The Hall–Kier alpha value is -1.84. The third kappa shape index (κ3) is 5.36. The lowest BCUT2D eigenvalue weighted by Gasteiger charge is -2.23. The van der Waals surface area contributed by atoms with Crippen LogP contribution in [0.15, 0.2) is 54.6 Å². The summed E-state index contributed by atoms with van der Waals surface area (Å²) in [5.74, 6) is 0.315. The van der Waals surface area contributed by atoms with Gasteiger partial charge in [0.15, 0.2) is 0 Å². The SMILES string of the molecule is CC(O)CC(CNC(C)c1ccc(N(C)C)cc1)c1ccccc1. The molecule has 3 atom stereocenters. The first-order valence-corrected chi connectivity index (χ1v) is 8.71. The van der Waals surface area contributed by atoms with Crippen LogP contribution in [0.25, 0.3) is 0 Å². The van der Waals surface area contributed by atoms with E-state index in [1.54, 1.807) is 0 Å². The molecule has 0 aliphatic rings. The molecule has 2 rings (SSSR count). The molecule has 0 radical (unpaired) electrons. The van der Waals surface area contributed by atoms with Crippen molar-refractivity contribution in [2.24, 2.45) is 0 Å². The second kappa shape index (κ2) is 8.86. The molecule has 0 aromatic heterocycles. The van der Waals surface area contributed by atoms with Crippen molar-refractivity contribution in [3.8, 4) is 0 Å². The van der Waals surface area contributed by atoms with Crippen LogP contribution in [0.5, 0.6) is 0 Å². The van der Waals surface area contributed by atoms with Crippen molar-refractivity contribution in [1.82, 2.24) is 5.32 Å². The molecule has 0 aliphatic carbocycles. The molecule has 130 valence electrons. The van der Waals surface area contributed by atoms with Gasteiger partial charge in [0.05, 0.1) is 6.10 Å². The van der Waals surface area contributed by atoms with Gasteiger partial charge in [0.25, 0.3) is 0 Å². The molecule has 0 aliphatic heterocycles. The number of hydrogen-bond acceptors (Lipinski definition) is 3. The molecule has 0 bridgehead atoms. The molecule has 3 unspecified atom stereocenters. The molecule has 2 aromatic rings. The van der Waals surface area contributed by atoms with Gasteiger partial charge >= 0.3 is 0 Å². The number of anilines is 1. The maximum atomic E-state index is 9.82. The van der Waals surface area contributed by atoms with E-state index in [0.717, 1.165) is 13.0 Å². The molecule has 0 saturated carbocycles. The molecular weight excluding hydrogens is 296 g/mol. The Labute approximate surface area is 146 Å². The first kappa shape index (κ1) is 18.5. The average molecular weight is 326 g/mol. The van der Waals surface area contributed by atoms with Gasteiger partial charge in [-0.15, -0.1) is 0 Å². The number of rotatable bonds is 8. The topological polar surface area (TPSA) is 35.5 Å². The van der Waals surface area contributed by atoms with E-state index in [4.69, 9.17) is 0 Å². The zero-order chi connectivity index (χ0) is 17.5. The van der Waals surface area contributed by atoms with E-state index in [1.165, 1.54) is 16.8 Å². The summed E-state index contributed by atoms with van der Waals surface area (Å²) in [5, 5.41) is 13.4. The van der Waals surface area contributed by atoms with Crippen molar-refractivity contribution in [3.05, 3.63) is 65.7 Å². The normalized spacial score (nSPS) is 14.9. The van der Waals surface area contributed by atoms with Crippen LogP contribution in [-0.4, -0.2) is 31.9 Å². The smallest absolute Gasteiger partial charge is 0.0518 e. The van der Waals surface area contributed by atoms with E-state index in [-0.39, 0.29) is 12.1 Å². The van der Waals surface area contributed by atoms with Crippen LogP contribution in [0.1, 0.15) is 43.4 Å². The minimum Gasteiger partial charge on any atom is -0.393 e. The number of aliphatic hydroxyl groups is 1. The maximum Gasteiger partial charge on any atom is 0.0518 e. The van der Waals surface area contributed by atoms with Crippen LogP contribution in [0, 0.1) is 0 Å². The number of nitrogens with zero attached hydrogens (tertiary/aromatic N) is 1.